The molecule has 0 bridgehead atoms. The van der Waals surface area contributed by atoms with E-state index in [4.69, 9.17) is 0 Å². The van der Waals surface area contributed by atoms with Crippen molar-refractivity contribution in [2.45, 2.75) is 76.5 Å². The van der Waals surface area contributed by atoms with Crippen molar-refractivity contribution in [2.75, 3.05) is 0 Å². The molecule has 0 aromatic heterocycles. The van der Waals surface area contributed by atoms with Crippen LogP contribution in [0.3, 0.4) is 0 Å². The van der Waals surface area contributed by atoms with Crippen molar-refractivity contribution in [3.05, 3.63) is 34.3 Å². The van der Waals surface area contributed by atoms with E-state index in [2.05, 4.69) is 44.9 Å². The first-order chi connectivity index (χ1) is 10.9. The summed E-state index contributed by atoms with van der Waals surface area (Å²) < 4.78 is 17.0. The number of hydrogen-bond acceptors (Lipinski definition) is 1. The van der Waals surface area contributed by atoms with E-state index in [1.54, 1.807) is 0 Å². The van der Waals surface area contributed by atoms with Crippen LogP contribution in [0.2, 0.25) is 0 Å². The molecule has 0 spiro atoms. The summed E-state index contributed by atoms with van der Waals surface area (Å²) >= 11 is 3.64. The Balaban J connectivity index is 2.03. The molecule has 23 heavy (non-hydrogen) atoms. The first kappa shape index (κ1) is 19.1. The van der Waals surface area contributed by atoms with Gasteiger partial charge in [-0.2, -0.15) is 0 Å². The third-order valence-corrected chi connectivity index (χ3v) is 7.12. The Morgan fingerprint density at radius 1 is 1.22 bits per heavy atom. The number of halogens is 1. The van der Waals surface area contributed by atoms with Gasteiger partial charge in [-0.05, 0) is 64.0 Å². The van der Waals surface area contributed by atoms with Crippen molar-refractivity contribution in [1.82, 2.24) is 4.72 Å². The van der Waals surface area contributed by atoms with E-state index in [-0.39, 0.29) is 4.75 Å². The van der Waals surface area contributed by atoms with Crippen molar-refractivity contribution in [1.29, 1.82) is 0 Å². The van der Waals surface area contributed by atoms with Crippen LogP contribution in [-0.2, 0) is 17.4 Å². The summed E-state index contributed by atoms with van der Waals surface area (Å²) in [6, 6.07) is 8.78. The number of nitrogens with one attached hydrogen (secondary N) is 1. The van der Waals surface area contributed by atoms with Crippen LogP contribution in [0.4, 0.5) is 0 Å². The Labute approximate surface area is 152 Å². The summed E-state index contributed by atoms with van der Waals surface area (Å²) in [6.45, 7) is 6.13. The summed E-state index contributed by atoms with van der Waals surface area (Å²) in [4.78, 5) is 0. The molecule has 1 aliphatic carbocycles. The molecule has 1 N–H and O–H groups in total. The third-order valence-electron chi connectivity index (χ3n) is 4.72. The SMILES string of the molecule is CC(C)(C)[S@@](=O)N[C@H](CCc1ccccc1Br)C1CCCCC1. The van der Waals surface area contributed by atoms with Crippen LogP contribution in [0.15, 0.2) is 28.7 Å². The van der Waals surface area contributed by atoms with Crippen LogP contribution in [-0.4, -0.2) is 15.0 Å². The predicted octanol–water partition coefficient (Wildman–Crippen LogP) is 5.38. The Hall–Kier alpha value is -0.190. The lowest BCUT2D eigenvalue weighted by Crippen LogP contribution is -2.44. The van der Waals surface area contributed by atoms with E-state index in [0.29, 0.717) is 12.0 Å². The van der Waals surface area contributed by atoms with Crippen molar-refractivity contribution >= 4 is 26.9 Å². The van der Waals surface area contributed by atoms with E-state index in [1.807, 2.05) is 20.8 Å². The maximum atomic E-state index is 12.6. The molecule has 0 amide bonds. The van der Waals surface area contributed by atoms with Crippen LogP contribution >= 0.6 is 15.9 Å². The highest BCUT2D eigenvalue weighted by molar-refractivity contribution is 9.10. The lowest BCUT2D eigenvalue weighted by atomic mass is 9.82. The molecule has 0 radical (unpaired) electrons. The standard InChI is InChI=1S/C19H30BrNOS/c1-19(2,3)23(22)21-18(16-10-5-4-6-11-16)14-13-15-9-7-8-12-17(15)20/h7-9,12,16,18,21H,4-6,10-11,13-14H2,1-3H3/t18-,23-/m1/s1. The minimum Gasteiger partial charge on any atom is -0.242 e. The van der Waals surface area contributed by atoms with Gasteiger partial charge in [0.05, 0.1) is 15.7 Å². The summed E-state index contributed by atoms with van der Waals surface area (Å²) in [5, 5.41) is 0. The fraction of sp³-hybridized carbons (Fsp3) is 0.684. The van der Waals surface area contributed by atoms with Gasteiger partial charge in [0.15, 0.2) is 0 Å². The van der Waals surface area contributed by atoms with E-state index in [1.165, 1.54) is 42.1 Å². The summed E-state index contributed by atoms with van der Waals surface area (Å²) in [6.07, 6.45) is 8.62. The maximum Gasteiger partial charge on any atom is 0.0972 e. The normalized spacial score (nSPS) is 19.5. The van der Waals surface area contributed by atoms with E-state index in [9.17, 15) is 4.21 Å². The Morgan fingerprint density at radius 3 is 2.48 bits per heavy atom. The molecule has 2 rings (SSSR count). The van der Waals surface area contributed by atoms with Gasteiger partial charge in [0, 0.05) is 10.5 Å². The molecule has 1 aromatic carbocycles. The highest BCUT2D eigenvalue weighted by Crippen LogP contribution is 2.30. The minimum atomic E-state index is -0.994. The zero-order valence-electron chi connectivity index (χ0n) is 14.6. The van der Waals surface area contributed by atoms with E-state index < -0.39 is 11.0 Å². The van der Waals surface area contributed by atoms with Crippen molar-refractivity contribution in [3.63, 3.8) is 0 Å². The number of aryl methyl sites for hydroxylation is 1. The van der Waals surface area contributed by atoms with Gasteiger partial charge in [-0.25, -0.2) is 8.93 Å². The monoisotopic (exact) mass is 399 g/mol. The molecule has 130 valence electrons. The summed E-state index contributed by atoms with van der Waals surface area (Å²) in [5.41, 5.74) is 1.34. The smallest absolute Gasteiger partial charge is 0.0972 e. The average Bonchev–Trinajstić information content (AvgIpc) is 2.52. The quantitative estimate of drug-likeness (QED) is 0.682. The largest absolute Gasteiger partial charge is 0.242 e. The summed E-state index contributed by atoms with van der Waals surface area (Å²) in [7, 11) is -0.994. The Morgan fingerprint density at radius 2 is 1.87 bits per heavy atom. The van der Waals surface area contributed by atoms with Crippen molar-refractivity contribution < 1.29 is 4.21 Å². The molecular formula is C19H30BrNOS. The van der Waals surface area contributed by atoms with Crippen molar-refractivity contribution in [3.8, 4) is 0 Å². The Bertz CT molecular complexity index is 520. The minimum absolute atomic E-state index is 0.208. The lowest BCUT2D eigenvalue weighted by molar-refractivity contribution is 0.281. The van der Waals surface area contributed by atoms with Crippen LogP contribution in [0.1, 0.15) is 64.9 Å². The molecular weight excluding hydrogens is 370 g/mol. The Kier molecular flexibility index (Phi) is 7.30. The summed E-state index contributed by atoms with van der Waals surface area (Å²) in [5.74, 6) is 0.664. The molecule has 4 heteroatoms. The third kappa shape index (κ3) is 5.99. The van der Waals surface area contributed by atoms with Crippen LogP contribution in [0.5, 0.6) is 0 Å². The van der Waals surface area contributed by atoms with Crippen LogP contribution in [0, 0.1) is 5.92 Å². The average molecular weight is 400 g/mol. The molecule has 1 saturated carbocycles. The molecule has 0 heterocycles. The highest BCUT2D eigenvalue weighted by atomic mass is 79.9. The van der Waals surface area contributed by atoms with Gasteiger partial charge in [0.2, 0.25) is 0 Å². The highest BCUT2D eigenvalue weighted by Gasteiger charge is 2.28. The molecule has 2 nitrogen and oxygen atoms in total. The van der Waals surface area contributed by atoms with E-state index >= 15 is 0 Å². The second-order valence-electron chi connectivity index (χ2n) is 7.63. The van der Waals surface area contributed by atoms with E-state index in [0.717, 1.165) is 12.8 Å². The molecule has 1 aliphatic rings. The molecule has 1 aromatic rings. The first-order valence-electron chi connectivity index (χ1n) is 8.79. The zero-order chi connectivity index (χ0) is 16.9. The molecule has 0 aliphatic heterocycles. The molecule has 0 saturated heterocycles. The second-order valence-corrected chi connectivity index (χ2v) is 10.5. The fourth-order valence-electron chi connectivity index (χ4n) is 3.25. The fourth-order valence-corrected chi connectivity index (χ4v) is 4.68. The van der Waals surface area contributed by atoms with Crippen LogP contribution in [0.25, 0.3) is 0 Å². The van der Waals surface area contributed by atoms with Gasteiger partial charge < -0.3 is 0 Å². The van der Waals surface area contributed by atoms with Gasteiger partial charge >= 0.3 is 0 Å². The maximum absolute atomic E-state index is 12.6. The predicted molar refractivity (Wildman–Crippen MR) is 104 cm³/mol. The van der Waals surface area contributed by atoms with Gasteiger partial charge in [-0.1, -0.05) is 53.4 Å². The molecule has 1 fully saturated rings. The van der Waals surface area contributed by atoms with Gasteiger partial charge in [0.25, 0.3) is 0 Å². The topological polar surface area (TPSA) is 29.1 Å². The van der Waals surface area contributed by atoms with Gasteiger partial charge in [-0.3, -0.25) is 0 Å². The van der Waals surface area contributed by atoms with Crippen LogP contribution < -0.4 is 4.72 Å². The molecule has 2 atom stereocenters. The zero-order valence-corrected chi connectivity index (χ0v) is 17.0. The van der Waals surface area contributed by atoms with Gasteiger partial charge in [0.1, 0.15) is 0 Å². The molecule has 0 unspecified atom stereocenters. The number of rotatable bonds is 6. The van der Waals surface area contributed by atoms with Crippen molar-refractivity contribution in [2.24, 2.45) is 5.92 Å². The lowest BCUT2D eigenvalue weighted by Gasteiger charge is -2.33. The second kappa shape index (κ2) is 8.77. The number of benzene rings is 1. The number of hydrogen-bond donors (Lipinski definition) is 1. The first-order valence-corrected chi connectivity index (χ1v) is 10.7. The van der Waals surface area contributed by atoms with Gasteiger partial charge in [-0.15, -0.1) is 0 Å².